The predicted octanol–water partition coefficient (Wildman–Crippen LogP) is 7.22. The molecule has 1 aliphatic heterocycles. The first-order chi connectivity index (χ1) is 17.0. The van der Waals surface area contributed by atoms with Gasteiger partial charge in [0.05, 0.1) is 38.5 Å². The van der Waals surface area contributed by atoms with Crippen LogP contribution in [0.5, 0.6) is 11.5 Å². The Bertz CT molecular complexity index is 1020. The molecule has 3 aromatic rings. The predicted molar refractivity (Wildman–Crippen MR) is 133 cm³/mol. The van der Waals surface area contributed by atoms with Gasteiger partial charge < -0.3 is 24.1 Å². The Morgan fingerprint density at radius 1 is 1.11 bits per heavy atom. The van der Waals surface area contributed by atoms with E-state index in [-0.39, 0.29) is 11.7 Å². The lowest BCUT2D eigenvalue weighted by Gasteiger charge is -2.38. The molecule has 0 spiro atoms. The van der Waals surface area contributed by atoms with Gasteiger partial charge in [-0.1, -0.05) is 27.2 Å². The zero-order valence-electron chi connectivity index (χ0n) is 20.9. The summed E-state index contributed by atoms with van der Waals surface area (Å²) < 4.78 is 42.6. The summed E-state index contributed by atoms with van der Waals surface area (Å²) in [6, 6.07) is 9.90. The summed E-state index contributed by atoms with van der Waals surface area (Å²) in [6.45, 7) is 6.52. The van der Waals surface area contributed by atoms with Crippen molar-refractivity contribution in [3.63, 3.8) is 0 Å². The Morgan fingerprint density at radius 2 is 1.83 bits per heavy atom. The minimum Gasteiger partial charge on any atom is -0.497 e. The number of methoxy groups -OCH3 is 2. The number of hydrogen-bond donors (Lipinski definition) is 1. The van der Waals surface area contributed by atoms with Gasteiger partial charge in [-0.25, -0.2) is 13.6 Å². The standard InChI is InChI=1S/C21H24F2N2O3.C4H4O.C2H6/c1-4-5-18-20-13(10-15(27-2)12-19(20)28-3)8-9-25(18)21(26)24-17-7-6-14(22)11-16(17)23;1-2-4-5-3-1;1-2/h6-7,10-12,18H,4-5,8-9H2,1-3H3,(H,24,26);1-4H;1-2H3. The SMILES string of the molecule is CC.CCCC1c2c(cc(OC)cc2OC)CCN1C(=O)Nc1ccc(F)cc1F.c1ccoc1. The molecule has 35 heavy (non-hydrogen) atoms. The number of ether oxygens (including phenoxy) is 2. The van der Waals surface area contributed by atoms with Crippen molar-refractivity contribution in [1.82, 2.24) is 4.90 Å². The molecule has 0 fully saturated rings. The molecule has 4 rings (SSSR count). The number of benzene rings is 2. The van der Waals surface area contributed by atoms with Crippen molar-refractivity contribution in [3.05, 3.63) is 77.8 Å². The Morgan fingerprint density at radius 3 is 2.37 bits per heavy atom. The number of anilines is 1. The quantitative estimate of drug-likeness (QED) is 0.412. The maximum atomic E-state index is 14.0. The highest BCUT2D eigenvalue weighted by Crippen LogP contribution is 2.41. The van der Waals surface area contributed by atoms with Crippen LogP contribution in [0.15, 0.2) is 59.4 Å². The van der Waals surface area contributed by atoms with Crippen molar-refractivity contribution in [1.29, 1.82) is 0 Å². The molecule has 1 aromatic heterocycles. The third kappa shape index (κ3) is 7.21. The van der Waals surface area contributed by atoms with Crippen LogP contribution in [-0.4, -0.2) is 31.7 Å². The van der Waals surface area contributed by atoms with E-state index in [2.05, 4.69) is 9.73 Å². The van der Waals surface area contributed by atoms with Gasteiger partial charge in [0.2, 0.25) is 0 Å². The maximum absolute atomic E-state index is 14.0. The lowest BCUT2D eigenvalue weighted by molar-refractivity contribution is 0.175. The molecule has 1 N–H and O–H groups in total. The Hall–Kier alpha value is -3.55. The van der Waals surface area contributed by atoms with E-state index in [9.17, 15) is 13.6 Å². The normalized spacial score (nSPS) is 13.9. The van der Waals surface area contributed by atoms with Crippen molar-refractivity contribution in [3.8, 4) is 11.5 Å². The highest BCUT2D eigenvalue weighted by Gasteiger charge is 2.33. The molecule has 190 valence electrons. The van der Waals surface area contributed by atoms with Gasteiger partial charge in [0.1, 0.15) is 23.1 Å². The van der Waals surface area contributed by atoms with E-state index in [4.69, 9.17) is 9.47 Å². The smallest absolute Gasteiger partial charge is 0.322 e. The molecule has 0 saturated heterocycles. The molecule has 1 atom stereocenters. The fraction of sp³-hybridized carbons (Fsp3) is 0.370. The number of carbonyl (C=O) groups is 1. The van der Waals surface area contributed by atoms with Crippen LogP contribution in [0.1, 0.15) is 50.8 Å². The lowest BCUT2D eigenvalue weighted by Crippen LogP contribution is -2.42. The molecule has 0 saturated carbocycles. The van der Waals surface area contributed by atoms with Crippen molar-refractivity contribution in [2.75, 3.05) is 26.1 Å². The molecule has 1 unspecified atom stereocenters. The van der Waals surface area contributed by atoms with Gasteiger partial charge >= 0.3 is 6.03 Å². The molecule has 0 bridgehead atoms. The van der Waals surface area contributed by atoms with Crippen molar-refractivity contribution in [2.24, 2.45) is 0 Å². The van der Waals surface area contributed by atoms with Crippen molar-refractivity contribution < 1.29 is 27.5 Å². The number of hydrogen-bond acceptors (Lipinski definition) is 4. The van der Waals surface area contributed by atoms with Crippen LogP contribution in [0.25, 0.3) is 0 Å². The summed E-state index contributed by atoms with van der Waals surface area (Å²) in [5.74, 6) is -0.125. The van der Waals surface area contributed by atoms with Gasteiger partial charge in [-0.15, -0.1) is 0 Å². The molecule has 2 aromatic carbocycles. The molecular weight excluding hydrogens is 454 g/mol. The van der Waals surface area contributed by atoms with E-state index in [1.54, 1.807) is 31.6 Å². The van der Waals surface area contributed by atoms with Gasteiger partial charge in [-0.2, -0.15) is 0 Å². The van der Waals surface area contributed by atoms with Gasteiger partial charge in [-0.05, 0) is 48.7 Å². The number of halogens is 2. The number of nitrogens with one attached hydrogen (secondary N) is 1. The van der Waals surface area contributed by atoms with E-state index < -0.39 is 17.7 Å². The average molecular weight is 489 g/mol. The fourth-order valence-electron chi connectivity index (χ4n) is 3.90. The molecule has 2 heterocycles. The van der Waals surface area contributed by atoms with Gasteiger partial charge in [-0.3, -0.25) is 0 Å². The molecule has 2 amide bonds. The topological polar surface area (TPSA) is 63.9 Å². The highest BCUT2D eigenvalue weighted by molar-refractivity contribution is 5.90. The molecule has 6 nitrogen and oxygen atoms in total. The summed E-state index contributed by atoms with van der Waals surface area (Å²) in [5, 5.41) is 2.57. The Balaban J connectivity index is 0.000000538. The summed E-state index contributed by atoms with van der Waals surface area (Å²) >= 11 is 0. The minimum absolute atomic E-state index is 0.0471. The first-order valence-electron chi connectivity index (χ1n) is 11.7. The van der Waals surface area contributed by atoms with Crippen LogP contribution in [0, 0.1) is 11.6 Å². The van der Waals surface area contributed by atoms with Crippen LogP contribution in [0.4, 0.5) is 19.3 Å². The summed E-state index contributed by atoms with van der Waals surface area (Å²) in [5.41, 5.74) is 1.98. The van der Waals surface area contributed by atoms with Crippen LogP contribution in [-0.2, 0) is 6.42 Å². The monoisotopic (exact) mass is 488 g/mol. The Labute approximate surface area is 205 Å². The van der Waals surface area contributed by atoms with Crippen LogP contribution >= 0.6 is 0 Å². The zero-order chi connectivity index (χ0) is 25.8. The minimum atomic E-state index is -0.805. The van der Waals surface area contributed by atoms with Crippen molar-refractivity contribution >= 4 is 11.7 Å². The average Bonchev–Trinajstić information content (AvgIpc) is 3.47. The second kappa shape index (κ2) is 14.0. The number of rotatable bonds is 5. The zero-order valence-corrected chi connectivity index (χ0v) is 20.9. The Kier molecular flexibility index (Phi) is 11.1. The second-order valence-corrected chi connectivity index (χ2v) is 7.50. The summed E-state index contributed by atoms with van der Waals surface area (Å²) in [4.78, 5) is 14.6. The molecular formula is C27H34F2N2O4. The number of urea groups is 1. The first-order valence-corrected chi connectivity index (χ1v) is 11.7. The number of fused-ring (bicyclic) bond motifs is 1. The van der Waals surface area contributed by atoms with E-state index in [1.165, 1.54) is 6.07 Å². The summed E-state index contributed by atoms with van der Waals surface area (Å²) in [7, 11) is 3.19. The van der Waals surface area contributed by atoms with Gasteiger partial charge in [0.15, 0.2) is 0 Å². The second-order valence-electron chi connectivity index (χ2n) is 7.50. The van der Waals surface area contributed by atoms with E-state index in [1.807, 2.05) is 45.0 Å². The molecule has 0 radical (unpaired) electrons. The van der Waals surface area contributed by atoms with Gasteiger partial charge in [0.25, 0.3) is 0 Å². The third-order valence-corrected chi connectivity index (χ3v) is 5.41. The number of furan rings is 1. The fourth-order valence-corrected chi connectivity index (χ4v) is 3.90. The molecule has 1 aliphatic rings. The third-order valence-electron chi connectivity index (χ3n) is 5.41. The van der Waals surface area contributed by atoms with E-state index >= 15 is 0 Å². The van der Waals surface area contributed by atoms with E-state index in [0.717, 1.165) is 36.1 Å². The largest absolute Gasteiger partial charge is 0.497 e. The van der Waals surface area contributed by atoms with Crippen LogP contribution < -0.4 is 14.8 Å². The molecule has 8 heteroatoms. The lowest BCUT2D eigenvalue weighted by atomic mass is 9.89. The highest BCUT2D eigenvalue weighted by atomic mass is 19.1. The van der Waals surface area contributed by atoms with Gasteiger partial charge in [0, 0.05) is 24.2 Å². The summed E-state index contributed by atoms with van der Waals surface area (Å²) in [6.07, 6.45) is 5.46. The van der Waals surface area contributed by atoms with Crippen LogP contribution in [0.3, 0.4) is 0 Å². The number of nitrogens with zero attached hydrogens (tertiary/aromatic N) is 1. The number of carbonyl (C=O) groups excluding carboxylic acids is 1. The van der Waals surface area contributed by atoms with Crippen LogP contribution in [0.2, 0.25) is 0 Å². The van der Waals surface area contributed by atoms with E-state index in [0.29, 0.717) is 24.5 Å². The maximum Gasteiger partial charge on any atom is 0.322 e. The first kappa shape index (κ1) is 27.7. The van der Waals surface area contributed by atoms with Crippen molar-refractivity contribution in [2.45, 2.75) is 46.1 Å². The molecule has 0 aliphatic carbocycles. The number of amides is 2.